The molecule has 0 bridgehead atoms. The van der Waals surface area contributed by atoms with E-state index < -0.39 is 11.7 Å². The Labute approximate surface area is 121 Å². The van der Waals surface area contributed by atoms with Crippen LogP contribution in [0.1, 0.15) is 23.7 Å². The summed E-state index contributed by atoms with van der Waals surface area (Å²) in [6, 6.07) is 5.43. The molecule has 0 saturated carbocycles. The van der Waals surface area contributed by atoms with Crippen molar-refractivity contribution < 1.29 is 13.2 Å². The molecular weight excluding hydrogens is 279 g/mol. The number of hydrogen-bond donors (Lipinski definition) is 1. The van der Waals surface area contributed by atoms with Gasteiger partial charge in [-0.15, -0.1) is 0 Å². The fraction of sp³-hybridized carbons (Fsp3) is 0.333. The standard InChI is InChI=1S/C15H16F3N3/c1-4-19-14-20-10(3)8-13(21-14)12-6-5-11(7-9(12)2)15(16,17)18/h5-8H,4H2,1-3H3,(H,19,20,21). The molecule has 0 atom stereocenters. The summed E-state index contributed by atoms with van der Waals surface area (Å²) in [6.07, 6.45) is -4.33. The molecule has 0 fully saturated rings. The first-order valence-electron chi connectivity index (χ1n) is 6.59. The van der Waals surface area contributed by atoms with Gasteiger partial charge < -0.3 is 5.32 Å². The number of nitrogens with zero attached hydrogens (tertiary/aromatic N) is 2. The van der Waals surface area contributed by atoms with Crippen LogP contribution < -0.4 is 5.32 Å². The highest BCUT2D eigenvalue weighted by Crippen LogP contribution is 2.32. The van der Waals surface area contributed by atoms with E-state index in [-0.39, 0.29) is 0 Å². The lowest BCUT2D eigenvalue weighted by molar-refractivity contribution is -0.137. The first-order chi connectivity index (χ1) is 9.81. The molecule has 1 N–H and O–H groups in total. The quantitative estimate of drug-likeness (QED) is 0.921. The van der Waals surface area contributed by atoms with Crippen molar-refractivity contribution in [1.82, 2.24) is 9.97 Å². The summed E-state index contributed by atoms with van der Waals surface area (Å²) in [7, 11) is 0. The Kier molecular flexibility index (Phi) is 4.16. The molecule has 21 heavy (non-hydrogen) atoms. The van der Waals surface area contributed by atoms with Gasteiger partial charge in [-0.2, -0.15) is 13.2 Å². The first-order valence-corrected chi connectivity index (χ1v) is 6.59. The molecule has 0 radical (unpaired) electrons. The lowest BCUT2D eigenvalue weighted by Crippen LogP contribution is -2.06. The summed E-state index contributed by atoms with van der Waals surface area (Å²) in [4.78, 5) is 8.58. The van der Waals surface area contributed by atoms with Gasteiger partial charge in [-0.1, -0.05) is 6.07 Å². The highest BCUT2D eigenvalue weighted by atomic mass is 19.4. The second-order valence-electron chi connectivity index (χ2n) is 4.78. The van der Waals surface area contributed by atoms with E-state index in [0.717, 1.165) is 17.8 Å². The van der Waals surface area contributed by atoms with E-state index >= 15 is 0 Å². The minimum Gasteiger partial charge on any atom is -0.354 e. The average Bonchev–Trinajstić information content (AvgIpc) is 2.37. The minimum atomic E-state index is -4.33. The maximum Gasteiger partial charge on any atom is 0.416 e. The van der Waals surface area contributed by atoms with E-state index in [0.29, 0.717) is 29.3 Å². The molecule has 6 heteroatoms. The van der Waals surface area contributed by atoms with Crippen LogP contribution in [0.3, 0.4) is 0 Å². The van der Waals surface area contributed by atoms with E-state index in [9.17, 15) is 13.2 Å². The maximum absolute atomic E-state index is 12.7. The summed E-state index contributed by atoms with van der Waals surface area (Å²) in [5.74, 6) is 0.479. The Balaban J connectivity index is 2.47. The predicted molar refractivity (Wildman–Crippen MR) is 76.1 cm³/mol. The number of alkyl halides is 3. The van der Waals surface area contributed by atoms with Crippen molar-refractivity contribution in [3.63, 3.8) is 0 Å². The van der Waals surface area contributed by atoms with Crippen LogP contribution in [0.4, 0.5) is 19.1 Å². The van der Waals surface area contributed by atoms with Gasteiger partial charge in [0.05, 0.1) is 11.3 Å². The van der Waals surface area contributed by atoms with E-state index in [1.807, 2.05) is 13.8 Å². The van der Waals surface area contributed by atoms with Crippen LogP contribution in [-0.4, -0.2) is 16.5 Å². The van der Waals surface area contributed by atoms with Gasteiger partial charge in [-0.3, -0.25) is 0 Å². The SMILES string of the molecule is CCNc1nc(C)cc(-c2ccc(C(F)(F)F)cc2C)n1. The second kappa shape index (κ2) is 5.71. The van der Waals surface area contributed by atoms with Crippen LogP contribution in [-0.2, 0) is 6.18 Å². The Morgan fingerprint density at radius 3 is 2.38 bits per heavy atom. The Morgan fingerprint density at radius 1 is 1.10 bits per heavy atom. The van der Waals surface area contributed by atoms with Crippen molar-refractivity contribution in [3.8, 4) is 11.3 Å². The predicted octanol–water partition coefficient (Wildman–Crippen LogP) is 4.21. The summed E-state index contributed by atoms with van der Waals surface area (Å²) in [6.45, 7) is 6.07. The highest BCUT2D eigenvalue weighted by Gasteiger charge is 2.30. The van der Waals surface area contributed by atoms with Crippen LogP contribution in [0.2, 0.25) is 0 Å². The number of aryl methyl sites for hydroxylation is 2. The third-order valence-electron chi connectivity index (χ3n) is 3.02. The van der Waals surface area contributed by atoms with Crippen molar-refractivity contribution >= 4 is 5.95 Å². The van der Waals surface area contributed by atoms with Crippen LogP contribution in [0.15, 0.2) is 24.3 Å². The monoisotopic (exact) mass is 295 g/mol. The van der Waals surface area contributed by atoms with Crippen LogP contribution >= 0.6 is 0 Å². The molecule has 0 aliphatic rings. The largest absolute Gasteiger partial charge is 0.416 e. The number of halogens is 3. The van der Waals surface area contributed by atoms with E-state index in [4.69, 9.17) is 0 Å². The Bertz CT molecular complexity index is 651. The average molecular weight is 295 g/mol. The van der Waals surface area contributed by atoms with Crippen LogP contribution in [0.25, 0.3) is 11.3 Å². The molecule has 3 nitrogen and oxygen atoms in total. The van der Waals surface area contributed by atoms with Crippen molar-refractivity contribution in [2.24, 2.45) is 0 Å². The van der Waals surface area contributed by atoms with Crippen molar-refractivity contribution in [1.29, 1.82) is 0 Å². The number of anilines is 1. The molecule has 1 aromatic carbocycles. The zero-order chi connectivity index (χ0) is 15.6. The molecule has 0 aliphatic carbocycles. The van der Waals surface area contributed by atoms with Crippen LogP contribution in [0, 0.1) is 13.8 Å². The molecule has 112 valence electrons. The zero-order valence-electron chi connectivity index (χ0n) is 12.0. The summed E-state index contributed by atoms with van der Waals surface area (Å²) < 4.78 is 38.1. The molecule has 1 aromatic heterocycles. The van der Waals surface area contributed by atoms with E-state index in [1.54, 1.807) is 13.0 Å². The number of hydrogen-bond acceptors (Lipinski definition) is 3. The van der Waals surface area contributed by atoms with Gasteiger partial charge >= 0.3 is 6.18 Å². The third kappa shape index (κ3) is 3.51. The summed E-state index contributed by atoms with van der Waals surface area (Å²) >= 11 is 0. The van der Waals surface area contributed by atoms with E-state index in [2.05, 4.69) is 15.3 Å². The fourth-order valence-corrected chi connectivity index (χ4v) is 2.07. The second-order valence-corrected chi connectivity index (χ2v) is 4.78. The minimum absolute atomic E-state index is 0.479. The third-order valence-corrected chi connectivity index (χ3v) is 3.02. The lowest BCUT2D eigenvalue weighted by Gasteiger charge is -2.12. The van der Waals surface area contributed by atoms with Gasteiger partial charge in [-0.25, -0.2) is 9.97 Å². The van der Waals surface area contributed by atoms with Crippen molar-refractivity contribution in [3.05, 3.63) is 41.1 Å². The van der Waals surface area contributed by atoms with Crippen LogP contribution in [0.5, 0.6) is 0 Å². The molecular formula is C15H16F3N3. The van der Waals surface area contributed by atoms with Gasteiger partial charge in [0.15, 0.2) is 0 Å². The zero-order valence-corrected chi connectivity index (χ0v) is 12.0. The first kappa shape index (κ1) is 15.3. The topological polar surface area (TPSA) is 37.8 Å². The normalized spacial score (nSPS) is 11.5. The van der Waals surface area contributed by atoms with Gasteiger partial charge in [0.1, 0.15) is 0 Å². The van der Waals surface area contributed by atoms with Gasteiger partial charge in [0.25, 0.3) is 0 Å². The molecule has 0 unspecified atom stereocenters. The molecule has 0 aliphatic heterocycles. The molecule has 0 amide bonds. The lowest BCUT2D eigenvalue weighted by atomic mass is 10.0. The number of aromatic nitrogens is 2. The summed E-state index contributed by atoms with van der Waals surface area (Å²) in [5, 5.41) is 3.01. The Hall–Kier alpha value is -2.11. The molecule has 2 aromatic rings. The highest BCUT2D eigenvalue weighted by molar-refractivity contribution is 5.65. The number of benzene rings is 1. The summed E-state index contributed by atoms with van der Waals surface area (Å²) in [5.41, 5.74) is 1.93. The molecule has 0 spiro atoms. The van der Waals surface area contributed by atoms with Crippen molar-refractivity contribution in [2.75, 3.05) is 11.9 Å². The molecule has 1 heterocycles. The smallest absolute Gasteiger partial charge is 0.354 e. The van der Waals surface area contributed by atoms with E-state index in [1.165, 1.54) is 6.07 Å². The fourth-order valence-electron chi connectivity index (χ4n) is 2.07. The number of nitrogens with one attached hydrogen (secondary N) is 1. The van der Waals surface area contributed by atoms with Gasteiger partial charge in [-0.05, 0) is 44.5 Å². The Morgan fingerprint density at radius 2 is 1.81 bits per heavy atom. The maximum atomic E-state index is 12.7. The molecule has 0 saturated heterocycles. The van der Waals surface area contributed by atoms with Gasteiger partial charge in [0.2, 0.25) is 5.95 Å². The number of rotatable bonds is 3. The van der Waals surface area contributed by atoms with Crippen molar-refractivity contribution in [2.45, 2.75) is 26.9 Å². The molecule has 2 rings (SSSR count). The van der Waals surface area contributed by atoms with Gasteiger partial charge in [0, 0.05) is 17.8 Å².